The molecule has 2 aliphatic heterocycles. The molecule has 0 aromatic heterocycles. The molecule has 24 heavy (non-hydrogen) atoms. The predicted octanol–water partition coefficient (Wildman–Crippen LogP) is 3.26. The second-order valence-electron chi connectivity index (χ2n) is 7.14. The quantitative estimate of drug-likeness (QED) is 0.673. The summed E-state index contributed by atoms with van der Waals surface area (Å²) in [5.41, 5.74) is 0.756. The second kappa shape index (κ2) is 6.02. The molecule has 3 rings (SSSR count). The van der Waals surface area contributed by atoms with Crippen molar-refractivity contribution >= 4 is 27.9 Å². The lowest BCUT2D eigenvalue weighted by Crippen LogP contribution is -2.56. The topological polar surface area (TPSA) is 49.9 Å². The molecule has 0 aliphatic carbocycles. The molecule has 0 spiro atoms. The van der Waals surface area contributed by atoms with E-state index in [2.05, 4.69) is 15.9 Å². The number of hydrogen-bond acceptors (Lipinski definition) is 3. The summed E-state index contributed by atoms with van der Waals surface area (Å²) in [4.78, 5) is 27.9. The van der Waals surface area contributed by atoms with E-state index in [1.165, 1.54) is 4.90 Å². The highest BCUT2D eigenvalue weighted by atomic mass is 79.9. The molecule has 1 fully saturated rings. The van der Waals surface area contributed by atoms with Crippen molar-refractivity contribution < 1.29 is 18.7 Å². The van der Waals surface area contributed by atoms with Crippen LogP contribution in [0, 0.1) is 5.82 Å². The third-order valence-electron chi connectivity index (χ3n) is 4.26. The number of amides is 2. The van der Waals surface area contributed by atoms with E-state index in [4.69, 9.17) is 4.74 Å². The first kappa shape index (κ1) is 17.2. The number of fused-ring (bicyclic) bond motifs is 3. The maximum atomic E-state index is 14.4. The van der Waals surface area contributed by atoms with E-state index in [1.807, 2.05) is 6.07 Å². The highest BCUT2D eigenvalue weighted by Gasteiger charge is 2.40. The van der Waals surface area contributed by atoms with Gasteiger partial charge in [0, 0.05) is 13.1 Å². The molecule has 1 saturated heterocycles. The molecule has 2 amide bonds. The second-order valence-corrected chi connectivity index (χ2v) is 8.00. The summed E-state index contributed by atoms with van der Waals surface area (Å²) < 4.78 is 20.2. The zero-order valence-electron chi connectivity index (χ0n) is 13.9. The first-order valence-corrected chi connectivity index (χ1v) is 8.71. The third kappa shape index (κ3) is 3.14. The van der Waals surface area contributed by atoms with Crippen LogP contribution in [0.4, 0.5) is 9.18 Å². The van der Waals surface area contributed by atoms with Crippen molar-refractivity contribution in [1.29, 1.82) is 0 Å². The van der Waals surface area contributed by atoms with Gasteiger partial charge in [0.2, 0.25) is 5.91 Å². The minimum absolute atomic E-state index is 0.000241. The summed E-state index contributed by atoms with van der Waals surface area (Å²) >= 11 is 3.20. The van der Waals surface area contributed by atoms with E-state index in [0.29, 0.717) is 29.5 Å². The lowest BCUT2D eigenvalue weighted by Gasteiger charge is -2.44. The average Bonchev–Trinajstić information content (AvgIpc) is 2.48. The molecule has 1 aromatic carbocycles. The average molecular weight is 399 g/mol. The Morgan fingerprint density at radius 1 is 1.38 bits per heavy atom. The van der Waals surface area contributed by atoms with Crippen LogP contribution in [0.1, 0.15) is 37.9 Å². The van der Waals surface area contributed by atoms with E-state index in [-0.39, 0.29) is 24.3 Å². The van der Waals surface area contributed by atoms with Crippen LogP contribution in [0.25, 0.3) is 0 Å². The van der Waals surface area contributed by atoms with E-state index in [9.17, 15) is 14.0 Å². The first-order chi connectivity index (χ1) is 11.2. The molecule has 0 saturated carbocycles. The molecule has 2 aliphatic rings. The van der Waals surface area contributed by atoms with Crippen LogP contribution in [0.3, 0.4) is 0 Å². The Bertz CT molecular complexity index is 702. The fourth-order valence-corrected chi connectivity index (χ4v) is 3.59. The number of carbonyl (C=O) groups excluding carboxylic acids is 2. The fraction of sp³-hybridized carbons (Fsp3) is 0.529. The Morgan fingerprint density at radius 2 is 2.08 bits per heavy atom. The number of halogens is 2. The smallest absolute Gasteiger partial charge is 0.410 e. The van der Waals surface area contributed by atoms with Crippen LogP contribution in [0.15, 0.2) is 16.6 Å². The number of hydrogen-bond donors (Lipinski definition) is 0. The van der Waals surface area contributed by atoms with Crippen LogP contribution in [0.2, 0.25) is 0 Å². The normalized spacial score (nSPS) is 20.5. The molecule has 1 atom stereocenters. The van der Waals surface area contributed by atoms with Gasteiger partial charge >= 0.3 is 6.09 Å². The monoisotopic (exact) mass is 398 g/mol. The molecule has 0 N–H and O–H groups in total. The van der Waals surface area contributed by atoms with Crippen LogP contribution in [0.5, 0.6) is 0 Å². The van der Waals surface area contributed by atoms with Gasteiger partial charge in [0.1, 0.15) is 18.0 Å². The van der Waals surface area contributed by atoms with Gasteiger partial charge in [0.05, 0.1) is 10.5 Å². The molecule has 7 heteroatoms. The van der Waals surface area contributed by atoms with Gasteiger partial charge in [-0.15, -0.1) is 0 Å². The summed E-state index contributed by atoms with van der Waals surface area (Å²) in [5, 5.41) is 0. The van der Waals surface area contributed by atoms with Gasteiger partial charge in [0.25, 0.3) is 0 Å². The van der Waals surface area contributed by atoms with E-state index in [1.54, 1.807) is 31.7 Å². The van der Waals surface area contributed by atoms with Crippen molar-refractivity contribution in [2.24, 2.45) is 0 Å². The Kier molecular flexibility index (Phi) is 4.32. The highest BCUT2D eigenvalue weighted by Crippen LogP contribution is 2.36. The van der Waals surface area contributed by atoms with E-state index in [0.717, 1.165) is 5.56 Å². The number of piperazine rings is 1. The van der Waals surface area contributed by atoms with Crippen LogP contribution in [-0.2, 0) is 16.0 Å². The number of rotatable bonds is 0. The van der Waals surface area contributed by atoms with Crippen molar-refractivity contribution in [2.75, 3.05) is 19.6 Å². The maximum absolute atomic E-state index is 14.4. The summed E-state index contributed by atoms with van der Waals surface area (Å²) in [6, 6.07) is 3.14. The van der Waals surface area contributed by atoms with Gasteiger partial charge < -0.3 is 9.64 Å². The van der Waals surface area contributed by atoms with E-state index >= 15 is 0 Å². The Labute approximate surface area is 148 Å². The van der Waals surface area contributed by atoms with Crippen LogP contribution in [-0.4, -0.2) is 47.0 Å². The van der Waals surface area contributed by atoms with Gasteiger partial charge in [-0.05, 0) is 60.3 Å². The van der Waals surface area contributed by atoms with Crippen molar-refractivity contribution in [2.45, 2.75) is 38.8 Å². The third-order valence-corrected chi connectivity index (χ3v) is 4.87. The van der Waals surface area contributed by atoms with Gasteiger partial charge in [-0.2, -0.15) is 0 Å². The van der Waals surface area contributed by atoms with Crippen molar-refractivity contribution in [3.8, 4) is 0 Å². The first-order valence-electron chi connectivity index (χ1n) is 7.91. The Morgan fingerprint density at radius 3 is 2.75 bits per heavy atom. The molecule has 0 radical (unpaired) electrons. The van der Waals surface area contributed by atoms with Crippen molar-refractivity contribution in [3.63, 3.8) is 0 Å². The van der Waals surface area contributed by atoms with Crippen molar-refractivity contribution in [1.82, 2.24) is 9.80 Å². The standard InChI is InChI=1S/C17H20BrFN2O3/c1-17(2,3)24-16(23)20-8-13-10-4-5-12(18)15(19)11(10)6-7-21(13)14(22)9-20/h4-5,13H,6-9H2,1-3H3/t13-/m0/s1. The Hall–Kier alpha value is -1.63. The largest absolute Gasteiger partial charge is 0.444 e. The maximum Gasteiger partial charge on any atom is 0.410 e. The van der Waals surface area contributed by atoms with Gasteiger partial charge in [-0.1, -0.05) is 6.07 Å². The number of carbonyl (C=O) groups is 2. The van der Waals surface area contributed by atoms with Crippen LogP contribution < -0.4 is 0 Å². The summed E-state index contributed by atoms with van der Waals surface area (Å²) in [6.45, 7) is 6.13. The summed E-state index contributed by atoms with van der Waals surface area (Å²) in [7, 11) is 0. The molecular weight excluding hydrogens is 379 g/mol. The SMILES string of the molecule is CC(C)(C)OC(=O)N1CC(=O)N2CCc3c(ccc(Br)c3F)[C@@H]2C1. The van der Waals surface area contributed by atoms with Gasteiger partial charge in [-0.25, -0.2) is 9.18 Å². The Balaban J connectivity index is 1.89. The fourth-order valence-electron chi connectivity index (χ4n) is 3.22. The van der Waals surface area contributed by atoms with Crippen LogP contribution >= 0.6 is 15.9 Å². The summed E-state index contributed by atoms with van der Waals surface area (Å²) in [5.74, 6) is -0.417. The number of nitrogens with zero attached hydrogens (tertiary/aromatic N) is 2. The molecule has 5 nitrogen and oxygen atoms in total. The highest BCUT2D eigenvalue weighted by molar-refractivity contribution is 9.10. The molecular formula is C17H20BrFN2O3. The van der Waals surface area contributed by atoms with Gasteiger partial charge in [-0.3, -0.25) is 9.69 Å². The molecule has 0 bridgehead atoms. The molecule has 2 heterocycles. The van der Waals surface area contributed by atoms with Gasteiger partial charge in [0.15, 0.2) is 0 Å². The molecule has 1 aromatic rings. The van der Waals surface area contributed by atoms with Crippen molar-refractivity contribution in [3.05, 3.63) is 33.5 Å². The minimum atomic E-state index is -0.626. The number of ether oxygens (including phenoxy) is 1. The molecule has 130 valence electrons. The zero-order valence-corrected chi connectivity index (χ0v) is 15.5. The lowest BCUT2D eigenvalue weighted by atomic mass is 9.90. The summed E-state index contributed by atoms with van der Waals surface area (Å²) in [6.07, 6.45) is -0.0323. The number of benzene rings is 1. The van der Waals surface area contributed by atoms with E-state index < -0.39 is 11.7 Å². The lowest BCUT2D eigenvalue weighted by molar-refractivity contribution is -0.140. The molecule has 0 unspecified atom stereocenters. The predicted molar refractivity (Wildman–Crippen MR) is 90.1 cm³/mol. The zero-order chi connectivity index (χ0) is 17.6. The minimum Gasteiger partial charge on any atom is -0.444 e.